The smallest absolute Gasteiger partial charge is 0.246 e. The molecule has 2 aromatic rings. The fourth-order valence-electron chi connectivity index (χ4n) is 3.24. The van der Waals surface area contributed by atoms with Gasteiger partial charge in [0.25, 0.3) is 0 Å². The monoisotopic (exact) mass is 401 g/mol. The highest BCUT2D eigenvalue weighted by molar-refractivity contribution is 7.89. The standard InChI is InChI=1S/C21H27N3O3S/c1-15-7-6-8-20(16(15)2)22-17(3)21(25)23-18-9-11-19(12-10-18)28(26,27)24-13-4-5-14-24/h6-12,17,22H,4-5,13-14H2,1-3H3,(H,23,25)/t17-/m0/s1. The number of rotatable bonds is 6. The first-order valence-electron chi connectivity index (χ1n) is 9.53. The second kappa shape index (κ2) is 8.32. The number of aryl methyl sites for hydroxylation is 1. The van der Waals surface area contributed by atoms with Gasteiger partial charge in [0, 0.05) is 24.5 Å². The van der Waals surface area contributed by atoms with Gasteiger partial charge in [-0.2, -0.15) is 4.31 Å². The number of nitrogens with one attached hydrogen (secondary N) is 2. The van der Waals surface area contributed by atoms with E-state index < -0.39 is 16.1 Å². The molecule has 0 aliphatic carbocycles. The highest BCUT2D eigenvalue weighted by Crippen LogP contribution is 2.23. The highest BCUT2D eigenvalue weighted by Gasteiger charge is 2.27. The second-order valence-corrected chi connectivity index (χ2v) is 9.18. The molecule has 0 bridgehead atoms. The Morgan fingerprint density at radius 1 is 1.04 bits per heavy atom. The summed E-state index contributed by atoms with van der Waals surface area (Å²) in [7, 11) is -3.44. The summed E-state index contributed by atoms with van der Waals surface area (Å²) in [6.07, 6.45) is 1.80. The highest BCUT2D eigenvalue weighted by atomic mass is 32.2. The van der Waals surface area contributed by atoms with Crippen LogP contribution in [0, 0.1) is 13.8 Å². The molecule has 0 aromatic heterocycles. The van der Waals surface area contributed by atoms with E-state index in [1.807, 2.05) is 32.0 Å². The lowest BCUT2D eigenvalue weighted by atomic mass is 10.1. The summed E-state index contributed by atoms with van der Waals surface area (Å²) in [5.41, 5.74) is 3.76. The predicted molar refractivity (Wildman–Crippen MR) is 112 cm³/mol. The summed E-state index contributed by atoms with van der Waals surface area (Å²) in [5, 5.41) is 6.06. The van der Waals surface area contributed by atoms with Crippen LogP contribution in [-0.4, -0.2) is 37.8 Å². The molecule has 6 nitrogen and oxygen atoms in total. The van der Waals surface area contributed by atoms with Crippen molar-refractivity contribution in [3.8, 4) is 0 Å². The van der Waals surface area contributed by atoms with Gasteiger partial charge < -0.3 is 10.6 Å². The zero-order chi connectivity index (χ0) is 20.3. The Labute approximate surface area is 167 Å². The molecule has 3 rings (SSSR count). The number of carbonyl (C=O) groups is 1. The lowest BCUT2D eigenvalue weighted by Crippen LogP contribution is -2.32. The van der Waals surface area contributed by atoms with Crippen LogP contribution >= 0.6 is 0 Å². The maximum atomic E-state index is 12.6. The molecular formula is C21H27N3O3S. The first kappa shape index (κ1) is 20.4. The number of carbonyl (C=O) groups excluding carboxylic acids is 1. The Bertz CT molecular complexity index is 949. The SMILES string of the molecule is Cc1cccc(N[C@@H](C)C(=O)Nc2ccc(S(=O)(=O)N3CCCC3)cc2)c1C. The van der Waals surface area contributed by atoms with Gasteiger partial charge in [-0.3, -0.25) is 4.79 Å². The summed E-state index contributed by atoms with van der Waals surface area (Å²) < 4.78 is 26.6. The molecule has 2 aromatic carbocycles. The maximum Gasteiger partial charge on any atom is 0.246 e. The average Bonchev–Trinajstić information content (AvgIpc) is 3.21. The van der Waals surface area contributed by atoms with Gasteiger partial charge in [-0.05, 0) is 75.1 Å². The molecule has 1 aliphatic rings. The number of anilines is 2. The Morgan fingerprint density at radius 2 is 1.68 bits per heavy atom. The molecule has 28 heavy (non-hydrogen) atoms. The van der Waals surface area contributed by atoms with Gasteiger partial charge in [0.05, 0.1) is 4.90 Å². The van der Waals surface area contributed by atoms with Crippen LogP contribution in [0.4, 0.5) is 11.4 Å². The van der Waals surface area contributed by atoms with Crippen molar-refractivity contribution in [3.63, 3.8) is 0 Å². The Morgan fingerprint density at radius 3 is 2.32 bits per heavy atom. The number of hydrogen-bond donors (Lipinski definition) is 2. The van der Waals surface area contributed by atoms with Crippen molar-refractivity contribution < 1.29 is 13.2 Å². The largest absolute Gasteiger partial charge is 0.374 e. The van der Waals surface area contributed by atoms with Crippen molar-refractivity contribution >= 4 is 27.3 Å². The normalized spacial score (nSPS) is 16.0. The quantitative estimate of drug-likeness (QED) is 0.776. The van der Waals surface area contributed by atoms with Gasteiger partial charge in [0.2, 0.25) is 15.9 Å². The number of sulfonamides is 1. The number of amides is 1. The minimum atomic E-state index is -3.44. The van der Waals surface area contributed by atoms with E-state index in [1.165, 1.54) is 4.31 Å². The van der Waals surface area contributed by atoms with Crippen LogP contribution < -0.4 is 10.6 Å². The Kier molecular flexibility index (Phi) is 6.05. The van der Waals surface area contributed by atoms with E-state index in [1.54, 1.807) is 31.2 Å². The van der Waals surface area contributed by atoms with Crippen LogP contribution in [-0.2, 0) is 14.8 Å². The van der Waals surface area contributed by atoms with Crippen molar-refractivity contribution in [2.24, 2.45) is 0 Å². The Hall–Kier alpha value is -2.38. The number of nitrogens with zero attached hydrogens (tertiary/aromatic N) is 1. The molecule has 1 saturated heterocycles. The van der Waals surface area contributed by atoms with Gasteiger partial charge in [0.15, 0.2) is 0 Å². The third kappa shape index (κ3) is 4.36. The van der Waals surface area contributed by atoms with Gasteiger partial charge in [-0.1, -0.05) is 12.1 Å². The summed E-state index contributed by atoms with van der Waals surface area (Å²) in [5.74, 6) is -0.184. The lowest BCUT2D eigenvalue weighted by Gasteiger charge is -2.18. The van der Waals surface area contributed by atoms with Crippen molar-refractivity contribution in [1.82, 2.24) is 4.31 Å². The Balaban J connectivity index is 1.64. The van der Waals surface area contributed by atoms with Gasteiger partial charge in [0.1, 0.15) is 6.04 Å². The minimum absolute atomic E-state index is 0.184. The topological polar surface area (TPSA) is 78.5 Å². The van der Waals surface area contributed by atoms with Crippen LogP contribution in [0.3, 0.4) is 0 Å². The van der Waals surface area contributed by atoms with E-state index >= 15 is 0 Å². The second-order valence-electron chi connectivity index (χ2n) is 7.24. The minimum Gasteiger partial charge on any atom is -0.374 e. The summed E-state index contributed by atoms with van der Waals surface area (Å²) in [6, 6.07) is 11.9. The molecule has 1 atom stereocenters. The molecule has 1 fully saturated rings. The fourth-order valence-corrected chi connectivity index (χ4v) is 4.76. The average molecular weight is 402 g/mol. The molecule has 1 heterocycles. The van der Waals surface area contributed by atoms with Crippen LogP contribution in [0.5, 0.6) is 0 Å². The zero-order valence-corrected chi connectivity index (χ0v) is 17.3. The summed E-state index contributed by atoms with van der Waals surface area (Å²) in [6.45, 7) is 6.99. The molecule has 7 heteroatoms. The first-order chi connectivity index (χ1) is 13.3. The molecule has 2 N–H and O–H groups in total. The third-order valence-electron chi connectivity index (χ3n) is 5.19. The van der Waals surface area contributed by atoms with Crippen molar-refractivity contribution in [2.45, 2.75) is 44.6 Å². The fraction of sp³-hybridized carbons (Fsp3) is 0.381. The summed E-state index contributed by atoms with van der Waals surface area (Å²) in [4.78, 5) is 12.8. The van der Waals surface area contributed by atoms with E-state index in [-0.39, 0.29) is 10.8 Å². The molecule has 150 valence electrons. The van der Waals surface area contributed by atoms with Gasteiger partial charge in [-0.25, -0.2) is 8.42 Å². The number of benzene rings is 2. The van der Waals surface area contributed by atoms with Crippen LogP contribution in [0.2, 0.25) is 0 Å². The van der Waals surface area contributed by atoms with Crippen LogP contribution in [0.1, 0.15) is 30.9 Å². The van der Waals surface area contributed by atoms with Crippen LogP contribution in [0.25, 0.3) is 0 Å². The van der Waals surface area contributed by atoms with Crippen molar-refractivity contribution in [1.29, 1.82) is 0 Å². The third-order valence-corrected chi connectivity index (χ3v) is 7.11. The number of hydrogen-bond acceptors (Lipinski definition) is 4. The van der Waals surface area contributed by atoms with Gasteiger partial charge >= 0.3 is 0 Å². The maximum absolute atomic E-state index is 12.6. The van der Waals surface area contributed by atoms with Crippen molar-refractivity contribution in [2.75, 3.05) is 23.7 Å². The van der Waals surface area contributed by atoms with E-state index in [4.69, 9.17) is 0 Å². The lowest BCUT2D eigenvalue weighted by molar-refractivity contribution is -0.116. The molecular weight excluding hydrogens is 374 g/mol. The summed E-state index contributed by atoms with van der Waals surface area (Å²) >= 11 is 0. The molecule has 0 radical (unpaired) electrons. The van der Waals surface area contributed by atoms with Crippen molar-refractivity contribution in [3.05, 3.63) is 53.6 Å². The van der Waals surface area contributed by atoms with E-state index in [0.717, 1.165) is 29.7 Å². The molecule has 1 amide bonds. The molecule has 1 aliphatic heterocycles. The molecule has 0 unspecified atom stereocenters. The van der Waals surface area contributed by atoms with Crippen LogP contribution in [0.15, 0.2) is 47.4 Å². The predicted octanol–water partition coefficient (Wildman–Crippen LogP) is 3.53. The first-order valence-corrected chi connectivity index (χ1v) is 11.0. The van der Waals surface area contributed by atoms with Gasteiger partial charge in [-0.15, -0.1) is 0 Å². The van der Waals surface area contributed by atoms with E-state index in [0.29, 0.717) is 18.8 Å². The zero-order valence-electron chi connectivity index (χ0n) is 16.5. The molecule has 0 saturated carbocycles. The van der Waals surface area contributed by atoms with E-state index in [9.17, 15) is 13.2 Å². The molecule has 0 spiro atoms. The van der Waals surface area contributed by atoms with E-state index in [2.05, 4.69) is 10.6 Å².